The smallest absolute Gasteiger partial charge is 0.226 e. The summed E-state index contributed by atoms with van der Waals surface area (Å²) in [5.41, 5.74) is 1.17. The molecule has 3 aromatic rings. The van der Waals surface area contributed by atoms with E-state index >= 15 is 0 Å². The van der Waals surface area contributed by atoms with E-state index in [1.54, 1.807) is 18.2 Å². The first-order valence-electron chi connectivity index (χ1n) is 6.40. The first-order valence-corrected chi connectivity index (χ1v) is 7.19. The molecule has 0 atom stereocenters. The molecule has 0 N–H and O–H groups in total. The van der Waals surface area contributed by atoms with E-state index in [4.69, 9.17) is 9.15 Å². The van der Waals surface area contributed by atoms with Crippen LogP contribution >= 0.6 is 15.9 Å². The van der Waals surface area contributed by atoms with Crippen molar-refractivity contribution in [3.63, 3.8) is 0 Å². The maximum Gasteiger partial charge on any atom is 0.226 e. The maximum absolute atomic E-state index is 13.6. The first-order chi connectivity index (χ1) is 10.6. The lowest BCUT2D eigenvalue weighted by molar-refractivity contribution is 0.285. The Morgan fingerprint density at radius 2 is 1.86 bits per heavy atom. The van der Waals surface area contributed by atoms with Crippen LogP contribution in [0.25, 0.3) is 11.5 Å². The van der Waals surface area contributed by atoms with E-state index in [-0.39, 0.29) is 18.2 Å². The molecule has 112 valence electrons. The van der Waals surface area contributed by atoms with Gasteiger partial charge in [0.05, 0.1) is 0 Å². The largest absolute Gasteiger partial charge is 0.484 e. The Labute approximate surface area is 133 Å². The summed E-state index contributed by atoms with van der Waals surface area (Å²) >= 11 is 3.18. The molecule has 1 heterocycles. The Hall–Kier alpha value is -2.21. The minimum Gasteiger partial charge on any atom is -0.484 e. The average Bonchev–Trinajstić information content (AvgIpc) is 2.96. The Morgan fingerprint density at radius 1 is 1.09 bits per heavy atom. The van der Waals surface area contributed by atoms with Gasteiger partial charge in [-0.05, 0) is 42.5 Å². The van der Waals surface area contributed by atoms with Crippen LogP contribution in [0.5, 0.6) is 5.75 Å². The molecule has 0 unspecified atom stereocenters. The van der Waals surface area contributed by atoms with Gasteiger partial charge in [-0.25, -0.2) is 13.8 Å². The van der Waals surface area contributed by atoms with Gasteiger partial charge in [-0.3, -0.25) is 0 Å². The van der Waals surface area contributed by atoms with Crippen LogP contribution < -0.4 is 4.74 Å². The lowest BCUT2D eigenvalue weighted by Crippen LogP contribution is -1.97. The van der Waals surface area contributed by atoms with Crippen LogP contribution in [0.4, 0.5) is 8.78 Å². The Morgan fingerprint density at radius 3 is 2.59 bits per heavy atom. The fourth-order valence-electron chi connectivity index (χ4n) is 1.84. The maximum atomic E-state index is 13.6. The van der Waals surface area contributed by atoms with Crippen LogP contribution in [0.2, 0.25) is 0 Å². The second kappa shape index (κ2) is 6.27. The van der Waals surface area contributed by atoms with Crippen molar-refractivity contribution in [2.45, 2.75) is 6.61 Å². The fraction of sp³-hybridized carbons (Fsp3) is 0.0625. The Balaban J connectivity index is 1.70. The highest BCUT2D eigenvalue weighted by Gasteiger charge is 2.09. The molecule has 0 spiro atoms. The fourth-order valence-corrected chi connectivity index (χ4v) is 2.18. The molecule has 0 saturated carbocycles. The minimum absolute atomic E-state index is 0.0727. The van der Waals surface area contributed by atoms with Crippen LogP contribution in [0.1, 0.15) is 5.69 Å². The van der Waals surface area contributed by atoms with Crippen molar-refractivity contribution in [2.75, 3.05) is 0 Å². The molecule has 0 aliphatic rings. The van der Waals surface area contributed by atoms with Gasteiger partial charge in [-0.15, -0.1) is 0 Å². The standard InChI is InChI=1S/C16H10BrF2NO2/c17-11-3-6-15(14(19)7-11)21-8-13-9-22-16(20-13)10-1-4-12(18)5-2-10/h1-7,9H,8H2. The van der Waals surface area contributed by atoms with Gasteiger partial charge < -0.3 is 9.15 Å². The van der Waals surface area contributed by atoms with Gasteiger partial charge in [0.1, 0.15) is 24.4 Å². The van der Waals surface area contributed by atoms with E-state index in [1.807, 2.05) is 0 Å². The number of ether oxygens (including phenoxy) is 1. The van der Waals surface area contributed by atoms with Crippen LogP contribution in [0.15, 0.2) is 57.6 Å². The predicted octanol–water partition coefficient (Wildman–Crippen LogP) is 4.96. The molecule has 0 bridgehead atoms. The van der Waals surface area contributed by atoms with Crippen molar-refractivity contribution in [1.29, 1.82) is 0 Å². The number of halogens is 3. The van der Waals surface area contributed by atoms with E-state index in [1.165, 1.54) is 30.5 Å². The molecule has 2 aromatic carbocycles. The molecule has 0 aliphatic heterocycles. The molecule has 3 rings (SSSR count). The van der Waals surface area contributed by atoms with E-state index in [9.17, 15) is 8.78 Å². The Kier molecular flexibility index (Phi) is 4.20. The molecule has 1 aromatic heterocycles. The van der Waals surface area contributed by atoms with Crippen molar-refractivity contribution >= 4 is 15.9 Å². The normalized spacial score (nSPS) is 10.7. The summed E-state index contributed by atoms with van der Waals surface area (Å²) in [5, 5.41) is 0. The molecule has 0 amide bonds. The third-order valence-corrected chi connectivity index (χ3v) is 3.41. The number of oxazole rings is 1. The third-order valence-electron chi connectivity index (χ3n) is 2.91. The van der Waals surface area contributed by atoms with Gasteiger partial charge in [0.2, 0.25) is 5.89 Å². The SMILES string of the molecule is Fc1ccc(-c2nc(COc3ccc(Br)cc3F)co2)cc1. The molecule has 0 saturated heterocycles. The van der Waals surface area contributed by atoms with Gasteiger partial charge in [0.15, 0.2) is 11.6 Å². The van der Waals surface area contributed by atoms with Gasteiger partial charge in [0.25, 0.3) is 0 Å². The highest BCUT2D eigenvalue weighted by Crippen LogP contribution is 2.23. The topological polar surface area (TPSA) is 35.3 Å². The molecule has 0 fully saturated rings. The molecular formula is C16H10BrF2NO2. The molecule has 0 aliphatic carbocycles. The lowest BCUT2D eigenvalue weighted by Gasteiger charge is -2.05. The highest BCUT2D eigenvalue weighted by atomic mass is 79.9. The predicted molar refractivity (Wildman–Crippen MR) is 80.3 cm³/mol. The second-order valence-electron chi connectivity index (χ2n) is 4.51. The van der Waals surface area contributed by atoms with Gasteiger partial charge in [-0.2, -0.15) is 0 Å². The first kappa shape index (κ1) is 14.7. The van der Waals surface area contributed by atoms with Crippen molar-refractivity contribution in [3.05, 3.63) is 70.5 Å². The van der Waals surface area contributed by atoms with E-state index in [0.717, 1.165) is 0 Å². The van der Waals surface area contributed by atoms with Gasteiger partial charge >= 0.3 is 0 Å². The average molecular weight is 366 g/mol. The van der Waals surface area contributed by atoms with Gasteiger partial charge in [-0.1, -0.05) is 15.9 Å². The van der Waals surface area contributed by atoms with E-state index < -0.39 is 5.82 Å². The summed E-state index contributed by atoms with van der Waals surface area (Å²) in [4.78, 5) is 4.23. The van der Waals surface area contributed by atoms with Crippen molar-refractivity contribution in [2.24, 2.45) is 0 Å². The van der Waals surface area contributed by atoms with Crippen LogP contribution in [0.3, 0.4) is 0 Å². The number of aromatic nitrogens is 1. The summed E-state index contributed by atoms with van der Waals surface area (Å²) in [6.45, 7) is 0.0727. The number of nitrogens with zero attached hydrogens (tertiary/aromatic N) is 1. The summed E-state index contributed by atoms with van der Waals surface area (Å²) in [6, 6.07) is 10.3. The third kappa shape index (κ3) is 3.33. The summed E-state index contributed by atoms with van der Waals surface area (Å²) < 4.78 is 37.8. The van der Waals surface area contributed by atoms with Crippen molar-refractivity contribution < 1.29 is 17.9 Å². The van der Waals surface area contributed by atoms with Crippen molar-refractivity contribution in [1.82, 2.24) is 4.98 Å². The summed E-state index contributed by atoms with van der Waals surface area (Å²) in [6.07, 6.45) is 1.43. The summed E-state index contributed by atoms with van der Waals surface area (Å²) in [7, 11) is 0. The zero-order valence-electron chi connectivity index (χ0n) is 11.2. The molecular weight excluding hydrogens is 356 g/mol. The highest BCUT2D eigenvalue weighted by molar-refractivity contribution is 9.10. The zero-order valence-corrected chi connectivity index (χ0v) is 12.8. The van der Waals surface area contributed by atoms with Crippen LogP contribution in [-0.4, -0.2) is 4.98 Å². The summed E-state index contributed by atoms with van der Waals surface area (Å²) in [5.74, 6) is -0.300. The quantitative estimate of drug-likeness (QED) is 0.655. The zero-order chi connectivity index (χ0) is 15.5. The Bertz CT molecular complexity index is 787. The van der Waals surface area contributed by atoms with Crippen LogP contribution in [0, 0.1) is 11.6 Å². The molecule has 6 heteroatoms. The monoisotopic (exact) mass is 365 g/mol. The lowest BCUT2D eigenvalue weighted by atomic mass is 10.2. The number of benzene rings is 2. The van der Waals surface area contributed by atoms with Crippen molar-refractivity contribution in [3.8, 4) is 17.2 Å². The molecule has 0 radical (unpaired) electrons. The number of hydrogen-bond acceptors (Lipinski definition) is 3. The number of rotatable bonds is 4. The van der Waals surface area contributed by atoms with Gasteiger partial charge in [0, 0.05) is 10.0 Å². The van der Waals surface area contributed by atoms with Crippen LogP contribution in [-0.2, 0) is 6.61 Å². The minimum atomic E-state index is -0.461. The molecule has 22 heavy (non-hydrogen) atoms. The van der Waals surface area contributed by atoms with E-state index in [2.05, 4.69) is 20.9 Å². The van der Waals surface area contributed by atoms with E-state index in [0.29, 0.717) is 21.6 Å². The second-order valence-corrected chi connectivity index (χ2v) is 5.43. The molecule has 3 nitrogen and oxygen atoms in total. The number of hydrogen-bond donors (Lipinski definition) is 0.